The summed E-state index contributed by atoms with van der Waals surface area (Å²) < 4.78 is 0. The molecule has 0 unspecified atom stereocenters. The second-order valence-corrected chi connectivity index (χ2v) is 5.61. The van der Waals surface area contributed by atoms with Crippen molar-refractivity contribution in [3.8, 4) is 0 Å². The minimum Gasteiger partial charge on any atom is -0.0654 e. The maximum absolute atomic E-state index is 3.88. The zero-order valence-corrected chi connectivity index (χ0v) is 12.9. The van der Waals surface area contributed by atoms with E-state index in [1.165, 1.54) is 89.9 Å². The zero-order valence-electron chi connectivity index (χ0n) is 12.9. The molecule has 0 atom stereocenters. The van der Waals surface area contributed by atoms with Crippen LogP contribution in [0.3, 0.4) is 0 Å². The van der Waals surface area contributed by atoms with Crippen LogP contribution in [0.1, 0.15) is 103 Å². The molecule has 0 aromatic carbocycles. The van der Waals surface area contributed by atoms with Crippen LogP contribution in [0.5, 0.6) is 0 Å². The first-order chi connectivity index (χ1) is 8.91. The SMILES string of the molecule is [CH2]CCCCCCCCCC[CH]CCCCCC. The second-order valence-electron chi connectivity index (χ2n) is 5.61. The highest BCUT2D eigenvalue weighted by Gasteiger charge is 1.93. The van der Waals surface area contributed by atoms with Gasteiger partial charge in [0, 0.05) is 0 Å². The summed E-state index contributed by atoms with van der Waals surface area (Å²) in [5.74, 6) is 0. The van der Waals surface area contributed by atoms with Gasteiger partial charge < -0.3 is 0 Å². The van der Waals surface area contributed by atoms with E-state index in [9.17, 15) is 0 Å². The fraction of sp³-hybridized carbons (Fsp3) is 0.889. The molecule has 0 heterocycles. The Labute approximate surface area is 117 Å². The summed E-state index contributed by atoms with van der Waals surface area (Å²) in [5.41, 5.74) is 0. The van der Waals surface area contributed by atoms with Gasteiger partial charge in [-0.15, -0.1) is 0 Å². The van der Waals surface area contributed by atoms with Crippen molar-refractivity contribution in [1.82, 2.24) is 0 Å². The third-order valence-corrected chi connectivity index (χ3v) is 3.67. The average Bonchev–Trinajstić information content (AvgIpc) is 2.39. The third kappa shape index (κ3) is 16.0. The Morgan fingerprint density at radius 3 is 1.56 bits per heavy atom. The van der Waals surface area contributed by atoms with Gasteiger partial charge in [-0.3, -0.25) is 0 Å². The molecule has 0 aliphatic rings. The van der Waals surface area contributed by atoms with Crippen molar-refractivity contribution < 1.29 is 0 Å². The minimum atomic E-state index is 1.12. The Hall–Kier alpha value is 0. The lowest BCUT2D eigenvalue weighted by atomic mass is 10.0. The molecule has 0 N–H and O–H groups in total. The molecule has 108 valence electrons. The molecule has 0 fully saturated rings. The molecule has 0 saturated heterocycles. The summed E-state index contributed by atoms with van der Waals surface area (Å²) in [6.07, 6.45) is 23.3. The monoisotopic (exact) mass is 252 g/mol. The Morgan fingerprint density at radius 2 is 1.06 bits per heavy atom. The van der Waals surface area contributed by atoms with E-state index in [2.05, 4.69) is 20.3 Å². The Balaban J connectivity index is 2.86. The smallest absolute Gasteiger partial charge is 0.0386 e. The van der Waals surface area contributed by atoms with Gasteiger partial charge in [0.05, 0.1) is 0 Å². The minimum absolute atomic E-state index is 1.12. The van der Waals surface area contributed by atoms with Gasteiger partial charge in [0.1, 0.15) is 0 Å². The quantitative estimate of drug-likeness (QED) is 0.278. The maximum atomic E-state index is 3.88. The van der Waals surface area contributed by atoms with Crippen molar-refractivity contribution in [3.05, 3.63) is 13.3 Å². The fourth-order valence-electron chi connectivity index (χ4n) is 2.39. The lowest BCUT2D eigenvalue weighted by molar-refractivity contribution is 0.563. The number of hydrogen-bond donors (Lipinski definition) is 0. The lowest BCUT2D eigenvalue weighted by Crippen LogP contribution is -1.83. The molecular weight excluding hydrogens is 216 g/mol. The lowest BCUT2D eigenvalue weighted by Gasteiger charge is -2.02. The molecule has 0 aliphatic heterocycles. The molecule has 0 aromatic rings. The van der Waals surface area contributed by atoms with Crippen molar-refractivity contribution in [1.29, 1.82) is 0 Å². The highest BCUT2D eigenvalue weighted by molar-refractivity contribution is 4.64. The van der Waals surface area contributed by atoms with Crippen LogP contribution >= 0.6 is 0 Å². The third-order valence-electron chi connectivity index (χ3n) is 3.67. The summed E-state index contributed by atoms with van der Waals surface area (Å²) in [6.45, 7) is 6.16. The molecule has 0 heteroatoms. The highest BCUT2D eigenvalue weighted by atomic mass is 14.0. The zero-order chi connectivity index (χ0) is 13.3. The topological polar surface area (TPSA) is 0 Å². The summed E-state index contributed by atoms with van der Waals surface area (Å²) in [7, 11) is 0. The van der Waals surface area contributed by atoms with Gasteiger partial charge in [0.2, 0.25) is 0 Å². The predicted molar refractivity (Wildman–Crippen MR) is 84.6 cm³/mol. The van der Waals surface area contributed by atoms with Crippen molar-refractivity contribution in [2.75, 3.05) is 0 Å². The molecule has 0 rings (SSSR count). The van der Waals surface area contributed by atoms with E-state index in [0.29, 0.717) is 0 Å². The molecule has 0 aliphatic carbocycles. The van der Waals surface area contributed by atoms with Crippen molar-refractivity contribution in [2.45, 2.75) is 103 Å². The van der Waals surface area contributed by atoms with Crippen LogP contribution in [0.4, 0.5) is 0 Å². The first-order valence-electron chi connectivity index (χ1n) is 8.52. The van der Waals surface area contributed by atoms with E-state index in [0.717, 1.165) is 6.42 Å². The second kappa shape index (κ2) is 17.0. The van der Waals surface area contributed by atoms with Crippen molar-refractivity contribution in [2.24, 2.45) is 0 Å². The van der Waals surface area contributed by atoms with Crippen LogP contribution in [-0.4, -0.2) is 0 Å². The maximum Gasteiger partial charge on any atom is -0.0386 e. The van der Waals surface area contributed by atoms with Gasteiger partial charge in [-0.25, -0.2) is 0 Å². The molecule has 0 bridgehead atoms. The summed E-state index contributed by atoms with van der Waals surface area (Å²) in [4.78, 5) is 0. The van der Waals surface area contributed by atoms with Gasteiger partial charge >= 0.3 is 0 Å². The first kappa shape index (κ1) is 18.0. The van der Waals surface area contributed by atoms with Gasteiger partial charge in [-0.05, 0) is 6.42 Å². The van der Waals surface area contributed by atoms with Gasteiger partial charge in [0.15, 0.2) is 0 Å². The molecular formula is C18H36. The van der Waals surface area contributed by atoms with Crippen molar-refractivity contribution in [3.63, 3.8) is 0 Å². The molecule has 2 radical (unpaired) electrons. The molecule has 0 saturated carbocycles. The normalized spacial score (nSPS) is 11.0. The van der Waals surface area contributed by atoms with Crippen molar-refractivity contribution >= 4 is 0 Å². The Bertz CT molecular complexity index is 112. The van der Waals surface area contributed by atoms with Gasteiger partial charge in [0.25, 0.3) is 0 Å². The van der Waals surface area contributed by atoms with Crippen LogP contribution in [0.25, 0.3) is 0 Å². The predicted octanol–water partition coefficient (Wildman–Crippen LogP) is 6.90. The summed E-state index contributed by atoms with van der Waals surface area (Å²) >= 11 is 0. The first-order valence-corrected chi connectivity index (χ1v) is 8.52. The number of rotatable bonds is 15. The van der Waals surface area contributed by atoms with Crippen LogP contribution in [0.2, 0.25) is 0 Å². The van der Waals surface area contributed by atoms with E-state index in [4.69, 9.17) is 0 Å². The van der Waals surface area contributed by atoms with E-state index in [1.54, 1.807) is 0 Å². The molecule has 0 aromatic heterocycles. The van der Waals surface area contributed by atoms with Crippen LogP contribution in [0, 0.1) is 13.3 Å². The van der Waals surface area contributed by atoms with Crippen LogP contribution in [0.15, 0.2) is 0 Å². The number of unbranched alkanes of at least 4 members (excludes halogenated alkanes) is 15. The summed E-state index contributed by atoms with van der Waals surface area (Å²) in [5, 5.41) is 0. The average molecular weight is 252 g/mol. The largest absolute Gasteiger partial charge is 0.0654 e. The van der Waals surface area contributed by atoms with Gasteiger partial charge in [-0.2, -0.15) is 0 Å². The van der Waals surface area contributed by atoms with Crippen LogP contribution < -0.4 is 0 Å². The molecule has 0 nitrogen and oxygen atoms in total. The standard InChI is InChI=1S/C18H36/c1-3-5-7-9-11-13-15-17-18-16-14-12-10-8-6-4-2/h14H,1,3-13,15-18H2,2H3. The van der Waals surface area contributed by atoms with Crippen LogP contribution in [-0.2, 0) is 0 Å². The molecule has 0 amide bonds. The van der Waals surface area contributed by atoms with E-state index in [1.807, 2.05) is 0 Å². The Morgan fingerprint density at radius 1 is 0.611 bits per heavy atom. The molecule has 0 spiro atoms. The van der Waals surface area contributed by atoms with E-state index in [-0.39, 0.29) is 0 Å². The van der Waals surface area contributed by atoms with Gasteiger partial charge in [-0.1, -0.05) is 110 Å². The van der Waals surface area contributed by atoms with E-state index >= 15 is 0 Å². The van der Waals surface area contributed by atoms with E-state index < -0.39 is 0 Å². The Kier molecular flexibility index (Phi) is 17.0. The highest BCUT2D eigenvalue weighted by Crippen LogP contribution is 2.12. The summed E-state index contributed by atoms with van der Waals surface area (Å²) in [6, 6.07) is 0. The number of hydrogen-bond acceptors (Lipinski definition) is 0. The fourth-order valence-corrected chi connectivity index (χ4v) is 2.39. The molecule has 18 heavy (non-hydrogen) atoms.